The minimum absolute atomic E-state index is 0.0161. The Morgan fingerprint density at radius 3 is 2.74 bits per heavy atom. The number of carbonyl (C=O) groups excluding carboxylic acids is 2. The number of rotatable bonds is 7. The Balaban J connectivity index is 1.66. The third-order valence-corrected chi connectivity index (χ3v) is 7.74. The van der Waals surface area contributed by atoms with Gasteiger partial charge in [-0.1, -0.05) is 26.8 Å². The maximum atomic E-state index is 12.8. The number of fused-ring (bicyclic) bond motifs is 1. The van der Waals surface area contributed by atoms with Crippen LogP contribution in [0.2, 0.25) is 0 Å². The summed E-state index contributed by atoms with van der Waals surface area (Å²) in [5, 5.41) is 17.5. The predicted octanol–water partition coefficient (Wildman–Crippen LogP) is 2.29. The van der Waals surface area contributed by atoms with Crippen molar-refractivity contribution >= 4 is 11.8 Å². The maximum Gasteiger partial charge on any atom is 0.246 e. The van der Waals surface area contributed by atoms with Crippen molar-refractivity contribution in [1.82, 2.24) is 15.6 Å². The lowest BCUT2D eigenvalue weighted by molar-refractivity contribution is -0.144. The Bertz CT molecular complexity index is 758. The van der Waals surface area contributed by atoms with E-state index in [2.05, 4.69) is 29.5 Å². The molecular weight excluding hydrogens is 394 g/mol. The molecule has 31 heavy (non-hydrogen) atoms. The molecule has 2 saturated carbocycles. The molecule has 0 aliphatic heterocycles. The molecule has 2 aliphatic rings. The van der Waals surface area contributed by atoms with Crippen molar-refractivity contribution in [3.63, 3.8) is 0 Å². The highest BCUT2D eigenvalue weighted by Crippen LogP contribution is 2.55. The molecule has 0 saturated heterocycles. The van der Waals surface area contributed by atoms with E-state index in [1.54, 1.807) is 6.20 Å². The van der Waals surface area contributed by atoms with Gasteiger partial charge in [0, 0.05) is 25.3 Å². The van der Waals surface area contributed by atoms with Gasteiger partial charge in [0.15, 0.2) is 0 Å². The van der Waals surface area contributed by atoms with E-state index in [0.29, 0.717) is 6.54 Å². The molecule has 1 aromatic heterocycles. The van der Waals surface area contributed by atoms with Gasteiger partial charge in [0.2, 0.25) is 11.8 Å². The van der Waals surface area contributed by atoms with Crippen LogP contribution in [0.25, 0.3) is 0 Å². The number of aliphatic hydroxyl groups is 1. The Morgan fingerprint density at radius 2 is 2.06 bits per heavy atom. The standard InChI is InChI=1S/C24H37N3O4/c1-15(23(30)26-13-17-7-5-6-12-25-17)18-8-10-24(3)11-9-19(27-20(28)14-31-4)16(2)21(24)22(18)29/h5-7,12,15-16,18-19,21-22,29H,8-11,13-14H2,1-4H3,(H,26,30)(H,27,28)/t15-,16+,18?,19-,21+,22-,24-/m0/s1. The molecule has 3 rings (SSSR count). The fraction of sp³-hybridized carbons (Fsp3) is 0.708. The van der Waals surface area contributed by atoms with Crippen molar-refractivity contribution in [3.05, 3.63) is 30.1 Å². The van der Waals surface area contributed by atoms with Gasteiger partial charge >= 0.3 is 0 Å². The Morgan fingerprint density at radius 1 is 1.32 bits per heavy atom. The van der Waals surface area contributed by atoms with Crippen LogP contribution in [0.15, 0.2) is 24.4 Å². The molecule has 7 heteroatoms. The third-order valence-electron chi connectivity index (χ3n) is 7.74. The molecular formula is C24H37N3O4. The molecule has 2 aliphatic carbocycles. The van der Waals surface area contributed by atoms with Gasteiger partial charge in [0.05, 0.1) is 18.3 Å². The smallest absolute Gasteiger partial charge is 0.246 e. The monoisotopic (exact) mass is 431 g/mol. The van der Waals surface area contributed by atoms with Crippen molar-refractivity contribution in [3.8, 4) is 0 Å². The van der Waals surface area contributed by atoms with Crippen molar-refractivity contribution in [2.45, 2.75) is 65.1 Å². The van der Waals surface area contributed by atoms with E-state index in [9.17, 15) is 14.7 Å². The highest BCUT2D eigenvalue weighted by Gasteiger charge is 2.53. The van der Waals surface area contributed by atoms with Gasteiger partial charge in [-0.2, -0.15) is 0 Å². The van der Waals surface area contributed by atoms with E-state index in [1.807, 2.05) is 25.1 Å². The number of aromatic nitrogens is 1. The van der Waals surface area contributed by atoms with Crippen LogP contribution >= 0.6 is 0 Å². The first kappa shape index (κ1) is 23.7. The quantitative estimate of drug-likeness (QED) is 0.615. The number of pyridine rings is 1. The normalized spacial score (nSPS) is 33.8. The summed E-state index contributed by atoms with van der Waals surface area (Å²) in [5.74, 6) is -0.393. The zero-order valence-electron chi connectivity index (χ0n) is 19.1. The molecule has 0 spiro atoms. The number of nitrogens with one attached hydrogen (secondary N) is 2. The lowest BCUT2D eigenvalue weighted by atomic mass is 9.51. The van der Waals surface area contributed by atoms with E-state index in [0.717, 1.165) is 31.4 Å². The van der Waals surface area contributed by atoms with Crippen molar-refractivity contribution in [1.29, 1.82) is 0 Å². The molecule has 1 aromatic rings. The lowest BCUT2D eigenvalue weighted by Crippen LogP contribution is -2.58. The van der Waals surface area contributed by atoms with Gasteiger partial charge in [0.25, 0.3) is 0 Å². The summed E-state index contributed by atoms with van der Waals surface area (Å²) in [5.41, 5.74) is 0.845. The first-order chi connectivity index (χ1) is 14.8. The molecule has 1 unspecified atom stereocenters. The summed E-state index contributed by atoms with van der Waals surface area (Å²) in [7, 11) is 1.51. The number of nitrogens with zero attached hydrogens (tertiary/aromatic N) is 1. The van der Waals surface area contributed by atoms with Crippen LogP contribution in [-0.2, 0) is 20.9 Å². The average Bonchev–Trinajstić information content (AvgIpc) is 2.75. The number of ether oxygens (including phenoxy) is 1. The van der Waals surface area contributed by atoms with E-state index in [-0.39, 0.29) is 53.5 Å². The largest absolute Gasteiger partial charge is 0.392 e. The summed E-state index contributed by atoms with van der Waals surface area (Å²) in [4.78, 5) is 29.2. The van der Waals surface area contributed by atoms with Gasteiger partial charge in [-0.3, -0.25) is 14.6 Å². The van der Waals surface area contributed by atoms with Crippen molar-refractivity contribution in [2.75, 3.05) is 13.7 Å². The van der Waals surface area contributed by atoms with Crippen LogP contribution in [0.4, 0.5) is 0 Å². The summed E-state index contributed by atoms with van der Waals surface area (Å²) in [6, 6.07) is 5.64. The average molecular weight is 432 g/mol. The number of methoxy groups -OCH3 is 1. The summed E-state index contributed by atoms with van der Waals surface area (Å²) < 4.78 is 4.95. The molecule has 7 nitrogen and oxygen atoms in total. The summed E-state index contributed by atoms with van der Waals surface area (Å²) in [6.45, 7) is 6.72. The molecule has 2 fully saturated rings. The molecule has 0 bridgehead atoms. The van der Waals surface area contributed by atoms with Crippen molar-refractivity contribution in [2.24, 2.45) is 29.1 Å². The van der Waals surface area contributed by atoms with E-state index < -0.39 is 6.10 Å². The minimum atomic E-state index is -0.577. The maximum absolute atomic E-state index is 12.8. The molecule has 2 amide bonds. The van der Waals surface area contributed by atoms with Crippen LogP contribution in [-0.4, -0.2) is 47.8 Å². The SMILES string of the molecule is COCC(=O)N[C@H]1CC[C@]2(C)CCC([C@H](C)C(=O)NCc3ccccn3)[C@H](O)[C@H]2[C@@H]1C. The van der Waals surface area contributed by atoms with Crippen LogP contribution in [0.1, 0.15) is 52.1 Å². The van der Waals surface area contributed by atoms with Crippen LogP contribution in [0, 0.1) is 29.1 Å². The molecule has 1 heterocycles. The second-order valence-electron chi connectivity index (χ2n) is 9.71. The highest BCUT2D eigenvalue weighted by atomic mass is 16.5. The number of amides is 2. The fourth-order valence-corrected chi connectivity index (χ4v) is 5.91. The predicted molar refractivity (Wildman–Crippen MR) is 118 cm³/mol. The molecule has 172 valence electrons. The Hall–Kier alpha value is -1.99. The number of carbonyl (C=O) groups is 2. The second kappa shape index (κ2) is 10.1. The van der Waals surface area contributed by atoms with Crippen LogP contribution in [0.3, 0.4) is 0 Å². The molecule has 0 aromatic carbocycles. The summed E-state index contributed by atoms with van der Waals surface area (Å²) in [6.07, 6.45) is 4.82. The molecule has 3 N–H and O–H groups in total. The molecule has 7 atom stereocenters. The fourth-order valence-electron chi connectivity index (χ4n) is 5.91. The second-order valence-corrected chi connectivity index (χ2v) is 9.71. The number of hydrogen-bond acceptors (Lipinski definition) is 5. The topological polar surface area (TPSA) is 101 Å². The Labute approximate surface area is 185 Å². The lowest BCUT2D eigenvalue weighted by Gasteiger charge is -2.56. The van der Waals surface area contributed by atoms with Gasteiger partial charge < -0.3 is 20.5 Å². The van der Waals surface area contributed by atoms with Gasteiger partial charge in [-0.05, 0) is 61.0 Å². The van der Waals surface area contributed by atoms with Gasteiger partial charge in [0.1, 0.15) is 6.61 Å². The highest BCUT2D eigenvalue weighted by molar-refractivity contribution is 5.78. The number of aliphatic hydroxyl groups excluding tert-OH is 1. The van der Waals surface area contributed by atoms with Gasteiger partial charge in [-0.25, -0.2) is 0 Å². The Kier molecular flexibility index (Phi) is 7.70. The number of hydrogen-bond donors (Lipinski definition) is 3. The van der Waals surface area contributed by atoms with E-state index in [4.69, 9.17) is 4.74 Å². The zero-order valence-corrected chi connectivity index (χ0v) is 19.1. The minimum Gasteiger partial charge on any atom is -0.392 e. The van der Waals surface area contributed by atoms with Crippen molar-refractivity contribution < 1.29 is 19.4 Å². The van der Waals surface area contributed by atoms with E-state index in [1.165, 1.54) is 7.11 Å². The van der Waals surface area contributed by atoms with E-state index >= 15 is 0 Å². The third kappa shape index (κ3) is 5.26. The van der Waals surface area contributed by atoms with Crippen LogP contribution in [0.5, 0.6) is 0 Å². The zero-order chi connectivity index (χ0) is 22.6. The molecule has 0 radical (unpaired) electrons. The summed E-state index contributed by atoms with van der Waals surface area (Å²) >= 11 is 0. The first-order valence-corrected chi connectivity index (χ1v) is 11.4. The first-order valence-electron chi connectivity index (χ1n) is 11.4. The van der Waals surface area contributed by atoms with Crippen LogP contribution < -0.4 is 10.6 Å². The van der Waals surface area contributed by atoms with Gasteiger partial charge in [-0.15, -0.1) is 0 Å².